The highest BCUT2D eigenvalue weighted by Gasteiger charge is 2.36. The predicted octanol–water partition coefficient (Wildman–Crippen LogP) is 3.61. The minimum Gasteiger partial charge on any atom is -0.378 e. The van der Waals surface area contributed by atoms with E-state index >= 15 is 0 Å². The Morgan fingerprint density at radius 1 is 1.00 bits per heavy atom. The number of benzene rings is 1. The van der Waals surface area contributed by atoms with Crippen LogP contribution in [0, 0.1) is 5.92 Å². The molecule has 0 amide bonds. The van der Waals surface area contributed by atoms with Crippen LogP contribution < -0.4 is 10.2 Å². The van der Waals surface area contributed by atoms with Gasteiger partial charge in [0, 0.05) is 25.7 Å². The highest BCUT2D eigenvalue weighted by atomic mass is 16.5. The Morgan fingerprint density at radius 3 is 2.43 bits per heavy atom. The molecule has 2 aromatic rings. The van der Waals surface area contributed by atoms with Crippen molar-refractivity contribution in [3.63, 3.8) is 0 Å². The van der Waals surface area contributed by atoms with E-state index in [9.17, 15) is 0 Å². The van der Waals surface area contributed by atoms with Crippen molar-refractivity contribution in [3.8, 4) is 0 Å². The smallest absolute Gasteiger partial charge is 0.172 e. The molecule has 1 aromatic heterocycles. The zero-order valence-electron chi connectivity index (χ0n) is 16.8. The van der Waals surface area contributed by atoms with Crippen molar-refractivity contribution >= 4 is 22.7 Å². The van der Waals surface area contributed by atoms with Crippen LogP contribution in [0.2, 0.25) is 0 Å². The molecule has 0 radical (unpaired) electrons. The predicted molar refractivity (Wildman–Crippen MR) is 111 cm³/mol. The maximum atomic E-state index is 6.01. The Balaban J connectivity index is 1.45. The van der Waals surface area contributed by atoms with E-state index in [0.717, 1.165) is 61.1 Å². The quantitative estimate of drug-likeness (QED) is 0.872. The summed E-state index contributed by atoms with van der Waals surface area (Å²) in [7, 11) is 0. The fourth-order valence-corrected chi connectivity index (χ4v) is 4.61. The van der Waals surface area contributed by atoms with Crippen molar-refractivity contribution < 1.29 is 9.47 Å². The number of morpholine rings is 1. The summed E-state index contributed by atoms with van der Waals surface area (Å²) in [5.41, 5.74) is 1.88. The van der Waals surface area contributed by atoms with Gasteiger partial charge in [0.05, 0.1) is 29.3 Å². The van der Waals surface area contributed by atoms with Crippen LogP contribution in [0.4, 0.5) is 11.6 Å². The Morgan fingerprint density at radius 2 is 1.71 bits per heavy atom. The van der Waals surface area contributed by atoms with E-state index in [1.807, 2.05) is 24.3 Å². The highest BCUT2D eigenvalue weighted by molar-refractivity contribution is 5.80. The lowest BCUT2D eigenvalue weighted by atomic mass is 10.00. The van der Waals surface area contributed by atoms with Gasteiger partial charge in [-0.2, -0.15) is 0 Å². The number of anilines is 2. The van der Waals surface area contributed by atoms with Gasteiger partial charge >= 0.3 is 0 Å². The van der Waals surface area contributed by atoms with Crippen molar-refractivity contribution in [2.45, 2.75) is 63.9 Å². The van der Waals surface area contributed by atoms with E-state index in [2.05, 4.69) is 24.1 Å². The fourth-order valence-electron chi connectivity index (χ4n) is 4.61. The van der Waals surface area contributed by atoms with Gasteiger partial charge in [0.25, 0.3) is 0 Å². The number of nitrogens with one attached hydrogen (secondary N) is 1. The first-order chi connectivity index (χ1) is 13.7. The molecule has 3 fully saturated rings. The van der Waals surface area contributed by atoms with Crippen LogP contribution in [-0.2, 0) is 9.47 Å². The van der Waals surface area contributed by atoms with Gasteiger partial charge in [-0.1, -0.05) is 12.1 Å². The van der Waals surface area contributed by atoms with Gasteiger partial charge in [-0.05, 0) is 57.6 Å². The molecular weight excluding hydrogens is 352 g/mol. The number of hydrogen-bond acceptors (Lipinski definition) is 6. The molecule has 0 spiro atoms. The summed E-state index contributed by atoms with van der Waals surface area (Å²) in [6.07, 6.45) is 5.51. The summed E-state index contributed by atoms with van der Waals surface area (Å²) in [6.45, 7) is 6.77. The minimum absolute atomic E-state index is 0.187. The first kappa shape index (κ1) is 18.1. The first-order valence-electron chi connectivity index (χ1n) is 10.7. The molecule has 4 unspecified atom stereocenters. The Labute approximate surface area is 166 Å². The van der Waals surface area contributed by atoms with Crippen LogP contribution >= 0.6 is 0 Å². The average molecular weight is 383 g/mol. The number of nitrogens with zero attached hydrogens (tertiary/aromatic N) is 3. The molecule has 6 heteroatoms. The molecule has 6 nitrogen and oxygen atoms in total. The van der Waals surface area contributed by atoms with Crippen molar-refractivity contribution in [1.29, 1.82) is 0 Å². The van der Waals surface area contributed by atoms with Gasteiger partial charge in [-0.15, -0.1) is 0 Å². The third-order valence-corrected chi connectivity index (χ3v) is 6.07. The van der Waals surface area contributed by atoms with E-state index in [1.54, 1.807) is 0 Å². The van der Waals surface area contributed by atoms with Crippen molar-refractivity contribution in [3.05, 3.63) is 24.3 Å². The number of ether oxygens (including phenoxy) is 2. The van der Waals surface area contributed by atoms with Crippen LogP contribution in [0.15, 0.2) is 24.3 Å². The lowest BCUT2D eigenvalue weighted by molar-refractivity contribution is -0.00548. The molecule has 2 saturated heterocycles. The standard InChI is InChI=1S/C22H30N4O2/c1-14-12-26(13-15(2)28-14)22-21(24-18-5-3-4-6-19(18)25-22)23-17-9-10-27-20(11-17)16-7-8-16/h3-6,14-17,20H,7-13H2,1-2H3,(H,23,24). The largest absolute Gasteiger partial charge is 0.378 e. The summed E-state index contributed by atoms with van der Waals surface area (Å²) in [5, 5.41) is 3.75. The Bertz CT molecular complexity index is 830. The lowest BCUT2D eigenvalue weighted by Crippen LogP contribution is -2.46. The molecule has 3 heterocycles. The number of rotatable bonds is 4. The topological polar surface area (TPSA) is 59.5 Å². The van der Waals surface area contributed by atoms with Gasteiger partial charge < -0.3 is 19.7 Å². The molecule has 4 atom stereocenters. The van der Waals surface area contributed by atoms with Crippen molar-refractivity contribution in [2.24, 2.45) is 5.92 Å². The molecule has 5 rings (SSSR count). The zero-order valence-corrected chi connectivity index (χ0v) is 16.8. The second kappa shape index (κ2) is 7.48. The van der Waals surface area contributed by atoms with Crippen molar-refractivity contribution in [1.82, 2.24) is 9.97 Å². The van der Waals surface area contributed by atoms with Gasteiger partial charge in [-0.3, -0.25) is 0 Å². The zero-order chi connectivity index (χ0) is 19.1. The second-order valence-corrected chi connectivity index (χ2v) is 8.66. The summed E-state index contributed by atoms with van der Waals surface area (Å²) in [6, 6.07) is 8.53. The van der Waals surface area contributed by atoms with E-state index in [4.69, 9.17) is 19.4 Å². The third-order valence-electron chi connectivity index (χ3n) is 6.07. The molecule has 1 N–H and O–H groups in total. The van der Waals surface area contributed by atoms with Gasteiger partial charge in [0.1, 0.15) is 0 Å². The number of para-hydroxylation sites is 2. The monoisotopic (exact) mass is 382 g/mol. The Kier molecular flexibility index (Phi) is 4.85. The highest BCUT2D eigenvalue weighted by Crippen LogP contribution is 2.39. The van der Waals surface area contributed by atoms with E-state index in [-0.39, 0.29) is 12.2 Å². The molecule has 1 aliphatic carbocycles. The van der Waals surface area contributed by atoms with Gasteiger partial charge in [0.2, 0.25) is 0 Å². The lowest BCUT2D eigenvalue weighted by Gasteiger charge is -2.37. The molecule has 2 aliphatic heterocycles. The molecule has 1 aromatic carbocycles. The summed E-state index contributed by atoms with van der Waals surface area (Å²) < 4.78 is 11.9. The van der Waals surface area contributed by atoms with Gasteiger partial charge in [-0.25, -0.2) is 9.97 Å². The van der Waals surface area contributed by atoms with Crippen LogP contribution in [0.3, 0.4) is 0 Å². The molecule has 0 bridgehead atoms. The molecular formula is C22H30N4O2. The second-order valence-electron chi connectivity index (χ2n) is 8.66. The average Bonchev–Trinajstić information content (AvgIpc) is 3.52. The van der Waals surface area contributed by atoms with E-state index in [0.29, 0.717) is 12.1 Å². The van der Waals surface area contributed by atoms with Gasteiger partial charge in [0.15, 0.2) is 11.6 Å². The maximum absolute atomic E-state index is 6.01. The molecule has 28 heavy (non-hydrogen) atoms. The maximum Gasteiger partial charge on any atom is 0.172 e. The van der Waals surface area contributed by atoms with Crippen LogP contribution in [0.5, 0.6) is 0 Å². The normalized spacial score (nSPS) is 31.1. The van der Waals surface area contributed by atoms with Crippen LogP contribution in [0.25, 0.3) is 11.0 Å². The third kappa shape index (κ3) is 3.80. The first-order valence-corrected chi connectivity index (χ1v) is 10.7. The summed E-state index contributed by atoms with van der Waals surface area (Å²) >= 11 is 0. The molecule has 150 valence electrons. The van der Waals surface area contributed by atoms with E-state index < -0.39 is 0 Å². The van der Waals surface area contributed by atoms with E-state index in [1.165, 1.54) is 12.8 Å². The van der Waals surface area contributed by atoms with Crippen LogP contribution in [-0.4, -0.2) is 54.0 Å². The Hall–Kier alpha value is -1.92. The number of aromatic nitrogens is 2. The van der Waals surface area contributed by atoms with Crippen LogP contribution in [0.1, 0.15) is 39.5 Å². The fraction of sp³-hybridized carbons (Fsp3) is 0.636. The molecule has 1 saturated carbocycles. The summed E-state index contributed by atoms with van der Waals surface area (Å²) in [5.74, 6) is 2.63. The minimum atomic E-state index is 0.187. The number of hydrogen-bond donors (Lipinski definition) is 1. The number of fused-ring (bicyclic) bond motifs is 1. The molecule has 3 aliphatic rings. The SMILES string of the molecule is CC1CN(c2nc3ccccc3nc2NC2CCOC(C3CC3)C2)CC(C)O1. The van der Waals surface area contributed by atoms with Crippen molar-refractivity contribution in [2.75, 3.05) is 29.9 Å². The summed E-state index contributed by atoms with van der Waals surface area (Å²) in [4.78, 5) is 12.3.